The summed E-state index contributed by atoms with van der Waals surface area (Å²) in [5, 5.41) is 0.750. The summed E-state index contributed by atoms with van der Waals surface area (Å²) in [6, 6.07) is 16.2. The van der Waals surface area contributed by atoms with Crippen molar-refractivity contribution in [3.8, 4) is 0 Å². The molecule has 3 aliphatic rings. The lowest BCUT2D eigenvalue weighted by Gasteiger charge is -2.32. The van der Waals surface area contributed by atoms with E-state index in [0.29, 0.717) is 13.1 Å². The summed E-state index contributed by atoms with van der Waals surface area (Å²) >= 11 is 6.08. The number of para-hydroxylation sites is 1. The Morgan fingerprint density at radius 2 is 1.44 bits per heavy atom. The zero-order valence-electron chi connectivity index (χ0n) is 19.8. The molecule has 2 aliphatic carbocycles. The predicted molar refractivity (Wildman–Crippen MR) is 136 cm³/mol. The van der Waals surface area contributed by atoms with Gasteiger partial charge in [-0.15, -0.1) is 0 Å². The minimum Gasteiger partial charge on any atom is -0.338 e. The SMILES string of the molecule is O=C(C1CC1)N1CCCN(Cc2ccc(Cl)cc2)CCCN(C(=O)C2CC2)c2ccccc2C1. The van der Waals surface area contributed by atoms with Crippen LogP contribution in [0, 0.1) is 11.8 Å². The molecule has 0 bridgehead atoms. The zero-order valence-corrected chi connectivity index (χ0v) is 20.6. The summed E-state index contributed by atoms with van der Waals surface area (Å²) in [4.78, 5) is 32.9. The number of carbonyl (C=O) groups excluding carboxylic acids is 2. The van der Waals surface area contributed by atoms with Crippen LogP contribution in [0.15, 0.2) is 48.5 Å². The summed E-state index contributed by atoms with van der Waals surface area (Å²) in [5.74, 6) is 0.870. The Bertz CT molecular complexity index is 1020. The van der Waals surface area contributed by atoms with E-state index in [4.69, 9.17) is 11.6 Å². The van der Waals surface area contributed by atoms with Gasteiger partial charge >= 0.3 is 0 Å². The molecule has 6 heteroatoms. The fraction of sp³-hybridized carbons (Fsp3) is 0.500. The van der Waals surface area contributed by atoms with Crippen LogP contribution in [-0.4, -0.2) is 47.8 Å². The molecule has 0 unspecified atom stereocenters. The number of hydrogen-bond donors (Lipinski definition) is 0. The third-order valence-corrected chi connectivity index (χ3v) is 7.40. The fourth-order valence-electron chi connectivity index (χ4n) is 4.92. The summed E-state index contributed by atoms with van der Waals surface area (Å²) in [6.45, 7) is 4.72. The Morgan fingerprint density at radius 3 is 2.15 bits per heavy atom. The molecule has 180 valence electrons. The van der Waals surface area contributed by atoms with E-state index in [0.717, 1.165) is 81.0 Å². The molecule has 2 fully saturated rings. The third kappa shape index (κ3) is 5.81. The highest BCUT2D eigenvalue weighted by molar-refractivity contribution is 6.30. The van der Waals surface area contributed by atoms with E-state index in [9.17, 15) is 9.59 Å². The number of fused-ring (bicyclic) bond motifs is 1. The van der Waals surface area contributed by atoms with E-state index >= 15 is 0 Å². The molecule has 1 aliphatic heterocycles. The van der Waals surface area contributed by atoms with Gasteiger partial charge in [-0.25, -0.2) is 0 Å². The van der Waals surface area contributed by atoms with Gasteiger partial charge in [0.25, 0.3) is 0 Å². The van der Waals surface area contributed by atoms with Gasteiger partial charge in [0.05, 0.1) is 0 Å². The van der Waals surface area contributed by atoms with Crippen molar-refractivity contribution in [3.63, 3.8) is 0 Å². The molecule has 5 nitrogen and oxygen atoms in total. The molecule has 0 radical (unpaired) electrons. The molecule has 2 amide bonds. The summed E-state index contributed by atoms with van der Waals surface area (Å²) < 4.78 is 0. The van der Waals surface area contributed by atoms with E-state index in [1.807, 2.05) is 34.1 Å². The normalized spacial score (nSPS) is 20.3. The molecule has 5 rings (SSSR count). The molecule has 0 spiro atoms. The van der Waals surface area contributed by atoms with Gasteiger partial charge in [0, 0.05) is 61.8 Å². The molecule has 0 saturated heterocycles. The quantitative estimate of drug-likeness (QED) is 0.611. The Labute approximate surface area is 207 Å². The van der Waals surface area contributed by atoms with Crippen LogP contribution in [0.5, 0.6) is 0 Å². The van der Waals surface area contributed by atoms with Gasteiger partial charge in [-0.1, -0.05) is 41.9 Å². The Morgan fingerprint density at radius 1 is 0.794 bits per heavy atom. The number of anilines is 1. The molecule has 0 N–H and O–H groups in total. The lowest BCUT2D eigenvalue weighted by Crippen LogP contribution is -2.39. The van der Waals surface area contributed by atoms with Gasteiger partial charge in [-0.05, 0) is 67.9 Å². The van der Waals surface area contributed by atoms with E-state index in [2.05, 4.69) is 29.2 Å². The van der Waals surface area contributed by atoms with Crippen LogP contribution < -0.4 is 4.90 Å². The highest BCUT2D eigenvalue weighted by atomic mass is 35.5. The topological polar surface area (TPSA) is 43.9 Å². The van der Waals surface area contributed by atoms with Crippen LogP contribution >= 0.6 is 11.6 Å². The van der Waals surface area contributed by atoms with Crippen molar-refractivity contribution in [1.82, 2.24) is 9.80 Å². The van der Waals surface area contributed by atoms with Crippen LogP contribution in [0.25, 0.3) is 0 Å². The number of halogens is 1. The van der Waals surface area contributed by atoms with Crippen LogP contribution in [0.2, 0.25) is 5.02 Å². The van der Waals surface area contributed by atoms with Gasteiger partial charge in [-0.2, -0.15) is 0 Å². The number of hydrogen-bond acceptors (Lipinski definition) is 3. The molecule has 0 atom stereocenters. The first-order chi connectivity index (χ1) is 16.6. The number of nitrogens with zero attached hydrogens (tertiary/aromatic N) is 3. The number of benzene rings is 2. The maximum absolute atomic E-state index is 13.3. The highest BCUT2D eigenvalue weighted by Crippen LogP contribution is 2.35. The Kier molecular flexibility index (Phi) is 7.21. The van der Waals surface area contributed by atoms with E-state index in [1.165, 1.54) is 5.56 Å². The third-order valence-electron chi connectivity index (χ3n) is 7.15. The monoisotopic (exact) mass is 479 g/mol. The Balaban J connectivity index is 1.39. The van der Waals surface area contributed by atoms with Crippen molar-refractivity contribution in [2.24, 2.45) is 11.8 Å². The van der Waals surface area contributed by atoms with Gasteiger partial charge in [0.1, 0.15) is 0 Å². The van der Waals surface area contributed by atoms with Crippen molar-refractivity contribution < 1.29 is 9.59 Å². The summed E-state index contributed by atoms with van der Waals surface area (Å²) in [6.07, 6.45) is 5.86. The summed E-state index contributed by atoms with van der Waals surface area (Å²) in [7, 11) is 0. The predicted octanol–water partition coefficient (Wildman–Crippen LogP) is 5.12. The van der Waals surface area contributed by atoms with Crippen LogP contribution in [0.1, 0.15) is 49.7 Å². The second-order valence-electron chi connectivity index (χ2n) is 10.0. The van der Waals surface area contributed by atoms with Crippen molar-refractivity contribution in [2.75, 3.05) is 31.1 Å². The van der Waals surface area contributed by atoms with Gasteiger partial charge in [0.2, 0.25) is 11.8 Å². The second-order valence-corrected chi connectivity index (χ2v) is 10.5. The van der Waals surface area contributed by atoms with Crippen molar-refractivity contribution in [2.45, 2.75) is 51.6 Å². The lowest BCUT2D eigenvalue weighted by molar-refractivity contribution is -0.133. The first-order valence-electron chi connectivity index (χ1n) is 12.7. The molecular weight excluding hydrogens is 446 g/mol. The highest BCUT2D eigenvalue weighted by Gasteiger charge is 2.36. The first kappa shape index (κ1) is 23.4. The molecular formula is C28H34ClN3O2. The molecule has 34 heavy (non-hydrogen) atoms. The van der Waals surface area contributed by atoms with Crippen LogP contribution in [0.3, 0.4) is 0 Å². The standard InChI is InChI=1S/C28H34ClN3O2/c29-25-13-7-21(8-14-25)19-30-15-3-17-31(27(33)22-9-10-22)20-24-5-1-2-6-26(24)32(18-4-16-30)28(34)23-11-12-23/h1-2,5-8,13-14,22-23H,3-4,9-12,15-20H2. The lowest BCUT2D eigenvalue weighted by atomic mass is 10.1. The van der Waals surface area contributed by atoms with Crippen LogP contribution in [0.4, 0.5) is 5.69 Å². The zero-order chi connectivity index (χ0) is 23.5. The number of amides is 2. The van der Waals surface area contributed by atoms with Crippen molar-refractivity contribution in [1.29, 1.82) is 0 Å². The summed E-state index contributed by atoms with van der Waals surface area (Å²) in [5.41, 5.74) is 3.31. The van der Waals surface area contributed by atoms with E-state index < -0.39 is 0 Å². The molecule has 0 aromatic heterocycles. The molecule has 2 saturated carbocycles. The molecule has 2 aromatic rings. The minimum atomic E-state index is 0.162. The van der Waals surface area contributed by atoms with Crippen molar-refractivity contribution >= 4 is 29.1 Å². The van der Waals surface area contributed by atoms with E-state index in [1.54, 1.807) is 0 Å². The first-order valence-corrected chi connectivity index (χ1v) is 13.1. The van der Waals surface area contributed by atoms with E-state index in [-0.39, 0.29) is 23.7 Å². The Hall–Kier alpha value is -2.37. The van der Waals surface area contributed by atoms with Gasteiger partial charge in [-0.3, -0.25) is 14.5 Å². The molecule has 2 aromatic carbocycles. The average molecular weight is 480 g/mol. The smallest absolute Gasteiger partial charge is 0.230 e. The average Bonchev–Trinajstić information content (AvgIpc) is 3.74. The van der Waals surface area contributed by atoms with Crippen molar-refractivity contribution in [3.05, 3.63) is 64.7 Å². The fourth-order valence-corrected chi connectivity index (χ4v) is 5.05. The maximum Gasteiger partial charge on any atom is 0.230 e. The maximum atomic E-state index is 13.3. The van der Waals surface area contributed by atoms with Gasteiger partial charge in [0.15, 0.2) is 0 Å². The van der Waals surface area contributed by atoms with Gasteiger partial charge < -0.3 is 9.80 Å². The number of rotatable bonds is 4. The second kappa shape index (κ2) is 10.5. The minimum absolute atomic E-state index is 0.162. The van der Waals surface area contributed by atoms with Crippen LogP contribution in [-0.2, 0) is 22.7 Å². The molecule has 1 heterocycles. The largest absolute Gasteiger partial charge is 0.338 e. The number of carbonyl (C=O) groups is 2.